The van der Waals surface area contributed by atoms with Crippen molar-refractivity contribution >= 4 is 11.0 Å². The first-order valence-electron chi connectivity index (χ1n) is 4.92. The summed E-state index contributed by atoms with van der Waals surface area (Å²) < 4.78 is 5.38. The lowest BCUT2D eigenvalue weighted by Crippen LogP contribution is -1.86. The quantitative estimate of drug-likeness (QED) is 0.787. The van der Waals surface area contributed by atoms with Crippen LogP contribution >= 0.6 is 0 Å². The molecule has 0 fully saturated rings. The molecule has 74 valence electrons. The molecule has 2 heteroatoms. The predicted molar refractivity (Wildman–Crippen MR) is 56.6 cm³/mol. The average molecular weight is 190 g/mol. The van der Waals surface area contributed by atoms with Crippen LogP contribution in [0.5, 0.6) is 5.75 Å². The Morgan fingerprint density at radius 1 is 1.36 bits per heavy atom. The summed E-state index contributed by atoms with van der Waals surface area (Å²) in [7, 11) is 0. The van der Waals surface area contributed by atoms with Crippen LogP contribution in [-0.4, -0.2) is 5.11 Å². The molecule has 1 aromatic heterocycles. The zero-order chi connectivity index (χ0) is 10.1. The third-order valence-corrected chi connectivity index (χ3v) is 2.51. The molecule has 0 bridgehead atoms. The molecule has 0 aliphatic rings. The minimum atomic E-state index is 0.379. The van der Waals surface area contributed by atoms with Gasteiger partial charge < -0.3 is 9.52 Å². The van der Waals surface area contributed by atoms with Crippen molar-refractivity contribution in [2.75, 3.05) is 0 Å². The Balaban J connectivity index is 2.73. The second-order valence-electron chi connectivity index (χ2n) is 3.61. The van der Waals surface area contributed by atoms with Crippen LogP contribution < -0.4 is 0 Å². The Labute approximate surface area is 83.2 Å². The van der Waals surface area contributed by atoms with E-state index >= 15 is 0 Å². The lowest BCUT2D eigenvalue weighted by molar-refractivity contribution is 0.468. The van der Waals surface area contributed by atoms with Gasteiger partial charge >= 0.3 is 0 Å². The summed E-state index contributed by atoms with van der Waals surface area (Å²) in [6, 6.07) is 3.52. The van der Waals surface area contributed by atoms with Crippen LogP contribution in [0.15, 0.2) is 22.8 Å². The smallest absolute Gasteiger partial charge is 0.134 e. The van der Waals surface area contributed by atoms with Gasteiger partial charge in [0.25, 0.3) is 0 Å². The van der Waals surface area contributed by atoms with E-state index in [-0.39, 0.29) is 0 Å². The molecule has 2 aromatic rings. The highest BCUT2D eigenvalue weighted by Gasteiger charge is 2.10. The van der Waals surface area contributed by atoms with Gasteiger partial charge in [0.15, 0.2) is 0 Å². The molecule has 0 aliphatic carbocycles. The number of aromatic hydroxyl groups is 1. The van der Waals surface area contributed by atoms with E-state index in [2.05, 4.69) is 6.92 Å². The second kappa shape index (κ2) is 3.37. The maximum absolute atomic E-state index is 9.74. The topological polar surface area (TPSA) is 33.4 Å². The van der Waals surface area contributed by atoms with Crippen LogP contribution in [-0.2, 0) is 6.42 Å². The molecular weight excluding hydrogens is 176 g/mol. The number of rotatable bonds is 2. The summed E-state index contributed by atoms with van der Waals surface area (Å²) in [4.78, 5) is 0. The first-order valence-corrected chi connectivity index (χ1v) is 4.92. The Hall–Kier alpha value is -1.44. The van der Waals surface area contributed by atoms with Gasteiger partial charge in [-0.15, -0.1) is 0 Å². The zero-order valence-electron chi connectivity index (χ0n) is 8.50. The van der Waals surface area contributed by atoms with E-state index in [1.807, 2.05) is 13.0 Å². The molecule has 1 aromatic carbocycles. The molecule has 14 heavy (non-hydrogen) atoms. The SMILES string of the molecule is CCCc1c(O)ccc2occ(C)c12. The number of hydrogen-bond donors (Lipinski definition) is 1. The van der Waals surface area contributed by atoms with Gasteiger partial charge in [-0.2, -0.15) is 0 Å². The van der Waals surface area contributed by atoms with E-state index < -0.39 is 0 Å². The Morgan fingerprint density at radius 2 is 2.14 bits per heavy atom. The lowest BCUT2D eigenvalue weighted by atomic mass is 10.0. The van der Waals surface area contributed by atoms with Crippen LogP contribution in [0.25, 0.3) is 11.0 Å². The summed E-state index contributed by atoms with van der Waals surface area (Å²) in [6.07, 6.45) is 3.66. The number of phenols is 1. The fourth-order valence-corrected chi connectivity index (χ4v) is 1.86. The molecule has 0 atom stereocenters. The van der Waals surface area contributed by atoms with Gasteiger partial charge in [0.05, 0.1) is 6.26 Å². The standard InChI is InChI=1S/C12H14O2/c1-3-4-9-10(13)5-6-11-12(9)8(2)7-14-11/h5-7,13H,3-4H2,1-2H3. The Bertz CT molecular complexity index is 455. The summed E-state index contributed by atoms with van der Waals surface area (Å²) >= 11 is 0. The maximum atomic E-state index is 9.74. The van der Waals surface area contributed by atoms with Crippen molar-refractivity contribution in [1.29, 1.82) is 0 Å². The maximum Gasteiger partial charge on any atom is 0.134 e. The van der Waals surface area contributed by atoms with Crippen molar-refractivity contribution in [3.63, 3.8) is 0 Å². The van der Waals surface area contributed by atoms with Gasteiger partial charge in [-0.3, -0.25) is 0 Å². The molecule has 0 radical (unpaired) electrons. The fourth-order valence-electron chi connectivity index (χ4n) is 1.86. The van der Waals surface area contributed by atoms with Crippen LogP contribution in [0.1, 0.15) is 24.5 Å². The number of hydrogen-bond acceptors (Lipinski definition) is 2. The summed E-state index contributed by atoms with van der Waals surface area (Å²) in [5.74, 6) is 0.379. The average Bonchev–Trinajstić information content (AvgIpc) is 2.53. The van der Waals surface area contributed by atoms with Crippen molar-refractivity contribution in [1.82, 2.24) is 0 Å². The van der Waals surface area contributed by atoms with Crippen LogP contribution in [0, 0.1) is 6.92 Å². The van der Waals surface area contributed by atoms with E-state index in [1.165, 1.54) is 0 Å². The van der Waals surface area contributed by atoms with E-state index in [4.69, 9.17) is 4.42 Å². The molecule has 0 amide bonds. The molecule has 1 heterocycles. The van der Waals surface area contributed by atoms with Gasteiger partial charge in [0.2, 0.25) is 0 Å². The largest absolute Gasteiger partial charge is 0.508 e. The van der Waals surface area contributed by atoms with E-state index in [0.29, 0.717) is 5.75 Å². The predicted octanol–water partition coefficient (Wildman–Crippen LogP) is 3.40. The third-order valence-electron chi connectivity index (χ3n) is 2.51. The summed E-state index contributed by atoms with van der Waals surface area (Å²) in [5.41, 5.74) is 2.97. The van der Waals surface area contributed by atoms with Gasteiger partial charge in [-0.1, -0.05) is 13.3 Å². The van der Waals surface area contributed by atoms with Gasteiger partial charge in [-0.05, 0) is 31.0 Å². The third kappa shape index (κ3) is 1.27. The van der Waals surface area contributed by atoms with Crippen molar-refractivity contribution in [2.24, 2.45) is 0 Å². The van der Waals surface area contributed by atoms with Crippen LogP contribution in [0.2, 0.25) is 0 Å². The highest BCUT2D eigenvalue weighted by molar-refractivity contribution is 5.86. The molecule has 0 spiro atoms. The van der Waals surface area contributed by atoms with Crippen molar-refractivity contribution in [3.8, 4) is 5.75 Å². The Morgan fingerprint density at radius 3 is 2.86 bits per heavy atom. The van der Waals surface area contributed by atoms with Gasteiger partial charge in [0, 0.05) is 10.9 Å². The van der Waals surface area contributed by atoms with Gasteiger partial charge in [0.1, 0.15) is 11.3 Å². The summed E-state index contributed by atoms with van der Waals surface area (Å²) in [5, 5.41) is 10.8. The molecule has 2 nitrogen and oxygen atoms in total. The second-order valence-corrected chi connectivity index (χ2v) is 3.61. The number of benzene rings is 1. The normalized spacial score (nSPS) is 11.0. The fraction of sp³-hybridized carbons (Fsp3) is 0.333. The van der Waals surface area contributed by atoms with E-state index in [9.17, 15) is 5.11 Å². The highest BCUT2D eigenvalue weighted by Crippen LogP contribution is 2.31. The number of fused-ring (bicyclic) bond motifs is 1. The lowest BCUT2D eigenvalue weighted by Gasteiger charge is -2.04. The Kier molecular flexibility index (Phi) is 2.20. The number of phenolic OH excluding ortho intramolecular Hbond substituents is 1. The summed E-state index contributed by atoms with van der Waals surface area (Å²) in [6.45, 7) is 4.11. The van der Waals surface area contributed by atoms with Crippen LogP contribution in [0.3, 0.4) is 0 Å². The molecule has 0 saturated carbocycles. The van der Waals surface area contributed by atoms with Crippen molar-refractivity contribution < 1.29 is 9.52 Å². The molecule has 0 aliphatic heterocycles. The van der Waals surface area contributed by atoms with Crippen molar-refractivity contribution in [3.05, 3.63) is 29.5 Å². The number of aryl methyl sites for hydroxylation is 2. The zero-order valence-corrected chi connectivity index (χ0v) is 8.50. The van der Waals surface area contributed by atoms with E-state index in [1.54, 1.807) is 12.3 Å². The van der Waals surface area contributed by atoms with E-state index in [0.717, 1.165) is 34.9 Å². The first kappa shape index (κ1) is 9.13. The highest BCUT2D eigenvalue weighted by atomic mass is 16.3. The monoisotopic (exact) mass is 190 g/mol. The van der Waals surface area contributed by atoms with Gasteiger partial charge in [-0.25, -0.2) is 0 Å². The molecule has 0 unspecified atom stereocenters. The molecular formula is C12H14O2. The minimum absolute atomic E-state index is 0.379. The van der Waals surface area contributed by atoms with Crippen molar-refractivity contribution in [2.45, 2.75) is 26.7 Å². The molecule has 2 rings (SSSR count). The minimum Gasteiger partial charge on any atom is -0.508 e. The molecule has 1 N–H and O–H groups in total. The number of furan rings is 1. The first-order chi connectivity index (χ1) is 6.74. The van der Waals surface area contributed by atoms with Crippen LogP contribution in [0.4, 0.5) is 0 Å². The molecule has 0 saturated heterocycles.